The normalized spacial score (nSPS) is 11.2. The van der Waals surface area contributed by atoms with Gasteiger partial charge in [0.15, 0.2) is 0 Å². The molecular formula is C18H20N4O3. The van der Waals surface area contributed by atoms with Gasteiger partial charge < -0.3 is 0 Å². The Morgan fingerprint density at radius 1 is 1.16 bits per heavy atom. The first-order chi connectivity index (χ1) is 11.8. The van der Waals surface area contributed by atoms with Crippen LogP contribution in [0.25, 0.3) is 16.6 Å². The number of carbonyl (C=O) groups excluding carboxylic acids is 1. The number of nitrogens with zero attached hydrogens (tertiary/aromatic N) is 2. The van der Waals surface area contributed by atoms with E-state index in [-0.39, 0.29) is 17.4 Å². The van der Waals surface area contributed by atoms with Crippen LogP contribution in [-0.4, -0.2) is 20.4 Å². The van der Waals surface area contributed by atoms with Crippen LogP contribution in [0.1, 0.15) is 25.1 Å². The van der Waals surface area contributed by atoms with Gasteiger partial charge in [-0.3, -0.25) is 24.9 Å². The number of benzene rings is 1. The molecular weight excluding hydrogens is 320 g/mol. The SMILES string of the molecule is Cc1ccccc1-n1[nH]c2cc(=O)n(NC(=O)C(C)C)c(C)c2c1=O. The number of carbonyl (C=O) groups is 1. The maximum Gasteiger partial charge on any atom is 0.280 e. The Labute approximate surface area is 143 Å². The van der Waals surface area contributed by atoms with Crippen LogP contribution in [-0.2, 0) is 4.79 Å². The monoisotopic (exact) mass is 340 g/mol. The Bertz CT molecular complexity index is 1090. The second-order valence-electron chi connectivity index (χ2n) is 6.36. The van der Waals surface area contributed by atoms with Gasteiger partial charge in [-0.05, 0) is 25.5 Å². The van der Waals surface area contributed by atoms with E-state index >= 15 is 0 Å². The second-order valence-corrected chi connectivity index (χ2v) is 6.36. The van der Waals surface area contributed by atoms with Crippen LogP contribution < -0.4 is 16.5 Å². The Balaban J connectivity index is 2.25. The molecule has 0 saturated heterocycles. The van der Waals surface area contributed by atoms with Crippen LogP contribution in [0, 0.1) is 19.8 Å². The third kappa shape index (κ3) is 2.77. The molecule has 0 radical (unpaired) electrons. The molecule has 0 bridgehead atoms. The van der Waals surface area contributed by atoms with E-state index in [1.807, 2.05) is 31.2 Å². The first kappa shape index (κ1) is 16.8. The minimum Gasteiger partial charge on any atom is -0.290 e. The molecule has 7 nitrogen and oxygen atoms in total. The van der Waals surface area contributed by atoms with Crippen molar-refractivity contribution >= 4 is 16.8 Å². The number of amides is 1. The molecule has 1 amide bonds. The lowest BCUT2D eigenvalue weighted by atomic mass is 10.2. The van der Waals surface area contributed by atoms with Gasteiger partial charge in [0.2, 0.25) is 5.91 Å². The summed E-state index contributed by atoms with van der Waals surface area (Å²) in [5.74, 6) is -0.573. The van der Waals surface area contributed by atoms with Crippen LogP contribution in [0.5, 0.6) is 0 Å². The van der Waals surface area contributed by atoms with Crippen molar-refractivity contribution in [3.8, 4) is 5.69 Å². The van der Waals surface area contributed by atoms with E-state index in [4.69, 9.17) is 0 Å². The Morgan fingerprint density at radius 2 is 1.84 bits per heavy atom. The second kappa shape index (κ2) is 6.08. The molecule has 0 aliphatic carbocycles. The van der Waals surface area contributed by atoms with Crippen molar-refractivity contribution in [1.82, 2.24) is 14.5 Å². The minimum absolute atomic E-state index is 0.269. The fourth-order valence-electron chi connectivity index (χ4n) is 2.74. The molecule has 0 spiro atoms. The number of nitrogens with one attached hydrogen (secondary N) is 2. The van der Waals surface area contributed by atoms with Crippen molar-refractivity contribution in [3.63, 3.8) is 0 Å². The number of aromatic amines is 1. The van der Waals surface area contributed by atoms with E-state index in [9.17, 15) is 14.4 Å². The minimum atomic E-state index is -0.405. The van der Waals surface area contributed by atoms with Crippen molar-refractivity contribution in [2.75, 3.05) is 5.43 Å². The lowest BCUT2D eigenvalue weighted by Gasteiger charge is -2.13. The number of para-hydroxylation sites is 1. The smallest absolute Gasteiger partial charge is 0.280 e. The van der Waals surface area contributed by atoms with Crippen LogP contribution in [0.2, 0.25) is 0 Å². The zero-order valence-electron chi connectivity index (χ0n) is 14.6. The van der Waals surface area contributed by atoms with Crippen LogP contribution >= 0.6 is 0 Å². The molecule has 0 fully saturated rings. The summed E-state index contributed by atoms with van der Waals surface area (Å²) in [7, 11) is 0. The predicted octanol–water partition coefficient (Wildman–Crippen LogP) is 1.82. The summed E-state index contributed by atoms with van der Waals surface area (Å²) >= 11 is 0. The van der Waals surface area contributed by atoms with Crippen molar-refractivity contribution < 1.29 is 4.79 Å². The molecule has 2 aromatic heterocycles. The summed E-state index contributed by atoms with van der Waals surface area (Å²) in [6, 6.07) is 8.79. The molecule has 3 rings (SSSR count). The summed E-state index contributed by atoms with van der Waals surface area (Å²) in [6.45, 7) is 7.01. The molecule has 25 heavy (non-hydrogen) atoms. The highest BCUT2D eigenvalue weighted by Crippen LogP contribution is 2.15. The van der Waals surface area contributed by atoms with Crippen molar-refractivity contribution in [2.24, 2.45) is 5.92 Å². The third-order valence-electron chi connectivity index (χ3n) is 4.21. The average Bonchev–Trinajstić information content (AvgIpc) is 2.88. The maximum absolute atomic E-state index is 12.9. The van der Waals surface area contributed by atoms with E-state index in [0.29, 0.717) is 22.3 Å². The van der Waals surface area contributed by atoms with Gasteiger partial charge in [-0.1, -0.05) is 32.0 Å². The van der Waals surface area contributed by atoms with E-state index in [1.54, 1.807) is 20.8 Å². The Morgan fingerprint density at radius 3 is 2.48 bits per heavy atom. The number of aryl methyl sites for hydroxylation is 2. The molecule has 2 N–H and O–H groups in total. The first-order valence-electron chi connectivity index (χ1n) is 8.05. The molecule has 0 saturated carbocycles. The van der Waals surface area contributed by atoms with Crippen molar-refractivity contribution in [1.29, 1.82) is 0 Å². The highest BCUT2D eigenvalue weighted by atomic mass is 16.2. The molecule has 0 unspecified atom stereocenters. The average molecular weight is 340 g/mol. The molecule has 3 aromatic rings. The highest BCUT2D eigenvalue weighted by Gasteiger charge is 2.17. The van der Waals surface area contributed by atoms with Gasteiger partial charge in [-0.2, -0.15) is 0 Å². The quantitative estimate of drug-likeness (QED) is 0.762. The van der Waals surface area contributed by atoms with Crippen molar-refractivity contribution in [3.05, 3.63) is 62.3 Å². The standard InChI is InChI=1S/C18H20N4O3/c1-10(2)17(24)20-21-12(4)16-13(9-15(21)23)19-22(18(16)25)14-8-6-5-7-11(14)3/h5-10,19H,1-4H3,(H,20,24). The number of hydrogen-bond acceptors (Lipinski definition) is 3. The summed E-state index contributed by atoms with van der Waals surface area (Å²) in [5, 5.41) is 3.35. The Hall–Kier alpha value is -3.09. The largest absolute Gasteiger partial charge is 0.290 e. The first-order valence-corrected chi connectivity index (χ1v) is 8.05. The number of H-pyrrole nitrogens is 1. The molecule has 0 aliphatic rings. The molecule has 0 aliphatic heterocycles. The topological polar surface area (TPSA) is 88.9 Å². The van der Waals surface area contributed by atoms with Crippen LogP contribution in [0.15, 0.2) is 39.9 Å². The number of hydrogen-bond donors (Lipinski definition) is 2. The summed E-state index contributed by atoms with van der Waals surface area (Å²) < 4.78 is 2.54. The van der Waals surface area contributed by atoms with E-state index in [2.05, 4.69) is 10.5 Å². The molecule has 0 atom stereocenters. The van der Waals surface area contributed by atoms with Gasteiger partial charge in [-0.25, -0.2) is 9.36 Å². The van der Waals surface area contributed by atoms with Gasteiger partial charge >= 0.3 is 0 Å². The van der Waals surface area contributed by atoms with Gasteiger partial charge in [0, 0.05) is 12.0 Å². The van der Waals surface area contributed by atoms with E-state index in [0.717, 1.165) is 10.2 Å². The van der Waals surface area contributed by atoms with E-state index < -0.39 is 5.56 Å². The summed E-state index contributed by atoms with van der Waals surface area (Å²) in [5.41, 5.74) is 4.36. The van der Waals surface area contributed by atoms with Gasteiger partial charge in [0.25, 0.3) is 11.1 Å². The molecule has 1 aromatic carbocycles. The van der Waals surface area contributed by atoms with Crippen LogP contribution in [0.3, 0.4) is 0 Å². The Kier molecular flexibility index (Phi) is 4.08. The zero-order chi connectivity index (χ0) is 18.3. The zero-order valence-corrected chi connectivity index (χ0v) is 14.6. The number of rotatable bonds is 3. The molecule has 2 heterocycles. The fraction of sp³-hybridized carbons (Fsp3) is 0.278. The molecule has 7 heteroatoms. The fourth-order valence-corrected chi connectivity index (χ4v) is 2.74. The van der Waals surface area contributed by atoms with Gasteiger partial charge in [0.1, 0.15) is 0 Å². The number of aromatic nitrogens is 3. The summed E-state index contributed by atoms with van der Waals surface area (Å²) in [4.78, 5) is 37.2. The lowest BCUT2D eigenvalue weighted by Crippen LogP contribution is -2.36. The van der Waals surface area contributed by atoms with E-state index in [1.165, 1.54) is 10.7 Å². The molecule has 130 valence electrons. The maximum atomic E-state index is 12.9. The number of fused-ring (bicyclic) bond motifs is 1. The lowest BCUT2D eigenvalue weighted by molar-refractivity contribution is -0.119. The summed E-state index contributed by atoms with van der Waals surface area (Å²) in [6.07, 6.45) is 0. The predicted molar refractivity (Wildman–Crippen MR) is 96.8 cm³/mol. The van der Waals surface area contributed by atoms with Crippen molar-refractivity contribution in [2.45, 2.75) is 27.7 Å². The third-order valence-corrected chi connectivity index (χ3v) is 4.21. The van der Waals surface area contributed by atoms with Gasteiger partial charge in [-0.15, -0.1) is 0 Å². The highest BCUT2D eigenvalue weighted by molar-refractivity contribution is 5.87. The van der Waals surface area contributed by atoms with Gasteiger partial charge in [0.05, 0.1) is 22.3 Å². The van der Waals surface area contributed by atoms with Crippen LogP contribution in [0.4, 0.5) is 0 Å². The number of pyridine rings is 1.